The third-order valence-corrected chi connectivity index (χ3v) is 8.66. The van der Waals surface area contributed by atoms with Gasteiger partial charge < -0.3 is 4.98 Å². The fourth-order valence-electron chi connectivity index (χ4n) is 4.24. The summed E-state index contributed by atoms with van der Waals surface area (Å²) in [5.74, 6) is 0.963. The van der Waals surface area contributed by atoms with Crippen LogP contribution in [-0.4, -0.2) is 42.9 Å². The van der Waals surface area contributed by atoms with Crippen molar-refractivity contribution in [2.75, 3.05) is 24.6 Å². The molecule has 142 valence electrons. The second-order valence-electron chi connectivity index (χ2n) is 7.86. The van der Waals surface area contributed by atoms with Gasteiger partial charge in [0.05, 0.1) is 11.5 Å². The molecule has 6 heteroatoms. The minimum Gasteiger partial charge on any atom is -0.361 e. The standard InChI is InChI=1S/C21H24N2O2S2/c24-27(25)8-4-15(5-9-27)20-12-22-21-3-2-16(11-19(20)21)17-10-18(26-14-17)13-23-6-1-7-23/h2-3,10-12,14-15,22H,1,4-9,13H2. The van der Waals surface area contributed by atoms with Gasteiger partial charge in [-0.15, -0.1) is 11.3 Å². The highest BCUT2D eigenvalue weighted by Gasteiger charge is 2.26. The molecule has 0 aliphatic carbocycles. The van der Waals surface area contributed by atoms with Crippen molar-refractivity contribution in [3.8, 4) is 11.1 Å². The zero-order valence-electron chi connectivity index (χ0n) is 15.3. The first kappa shape index (κ1) is 17.5. The molecule has 0 radical (unpaired) electrons. The Morgan fingerprint density at radius 3 is 2.67 bits per heavy atom. The summed E-state index contributed by atoms with van der Waals surface area (Å²) in [6.07, 6.45) is 4.88. The fraction of sp³-hybridized carbons (Fsp3) is 0.429. The second-order valence-corrected chi connectivity index (χ2v) is 11.2. The fourth-order valence-corrected chi connectivity index (χ4v) is 6.66. The Balaban J connectivity index is 1.43. The second kappa shape index (κ2) is 6.76. The van der Waals surface area contributed by atoms with Crippen molar-refractivity contribution in [2.24, 2.45) is 0 Å². The molecule has 2 saturated heterocycles. The third kappa shape index (κ3) is 3.46. The monoisotopic (exact) mass is 400 g/mol. The van der Waals surface area contributed by atoms with Crippen LogP contribution in [0, 0.1) is 0 Å². The highest BCUT2D eigenvalue weighted by atomic mass is 32.2. The molecule has 2 fully saturated rings. The minimum absolute atomic E-state index is 0.314. The first-order chi connectivity index (χ1) is 13.1. The van der Waals surface area contributed by atoms with Crippen LogP contribution in [0.4, 0.5) is 0 Å². The molecule has 0 spiro atoms. The summed E-state index contributed by atoms with van der Waals surface area (Å²) in [7, 11) is -2.83. The molecule has 2 aliphatic rings. The van der Waals surface area contributed by atoms with Crippen LogP contribution in [0.25, 0.3) is 22.0 Å². The Bertz CT molecular complexity index is 1060. The SMILES string of the molecule is O=S1(=O)CCC(c2c[nH]c3ccc(-c4csc(CN5CCC5)c4)cc23)CC1. The number of hydrogen-bond acceptors (Lipinski definition) is 4. The first-order valence-electron chi connectivity index (χ1n) is 9.69. The van der Waals surface area contributed by atoms with Gasteiger partial charge in [-0.05, 0) is 78.5 Å². The molecule has 0 amide bonds. The van der Waals surface area contributed by atoms with Crippen LogP contribution in [0.3, 0.4) is 0 Å². The maximum atomic E-state index is 11.8. The number of aromatic amines is 1. The van der Waals surface area contributed by atoms with Gasteiger partial charge in [-0.1, -0.05) is 6.07 Å². The largest absolute Gasteiger partial charge is 0.361 e. The number of nitrogens with zero attached hydrogens (tertiary/aromatic N) is 1. The number of fused-ring (bicyclic) bond motifs is 1. The Morgan fingerprint density at radius 1 is 1.11 bits per heavy atom. The van der Waals surface area contributed by atoms with E-state index in [0.717, 1.165) is 24.9 Å². The number of likely N-dealkylation sites (tertiary alicyclic amines) is 1. The number of H-pyrrole nitrogens is 1. The van der Waals surface area contributed by atoms with Gasteiger partial charge in [0.2, 0.25) is 0 Å². The molecule has 2 aromatic heterocycles. The minimum atomic E-state index is -2.83. The molecule has 1 N–H and O–H groups in total. The van der Waals surface area contributed by atoms with E-state index < -0.39 is 9.84 Å². The number of sulfone groups is 1. The van der Waals surface area contributed by atoms with Gasteiger partial charge in [0, 0.05) is 28.5 Å². The van der Waals surface area contributed by atoms with Gasteiger partial charge in [0.15, 0.2) is 0 Å². The lowest BCUT2D eigenvalue weighted by Crippen LogP contribution is -2.35. The van der Waals surface area contributed by atoms with E-state index in [1.54, 1.807) is 0 Å². The Morgan fingerprint density at radius 2 is 1.93 bits per heavy atom. The maximum absolute atomic E-state index is 11.8. The molecule has 5 rings (SSSR count). The molecule has 4 heterocycles. The first-order valence-corrected chi connectivity index (χ1v) is 12.4. The van der Waals surface area contributed by atoms with E-state index in [-0.39, 0.29) is 0 Å². The number of hydrogen-bond donors (Lipinski definition) is 1. The Hall–Kier alpha value is -1.63. The molecule has 1 aromatic carbocycles. The summed E-state index contributed by atoms with van der Waals surface area (Å²) in [5.41, 5.74) is 4.95. The van der Waals surface area contributed by atoms with E-state index in [0.29, 0.717) is 17.4 Å². The van der Waals surface area contributed by atoms with Crippen molar-refractivity contribution in [1.29, 1.82) is 0 Å². The zero-order chi connectivity index (χ0) is 18.4. The molecular formula is C21H24N2O2S2. The van der Waals surface area contributed by atoms with E-state index in [2.05, 4.69) is 45.7 Å². The summed E-state index contributed by atoms with van der Waals surface area (Å²) in [6, 6.07) is 8.94. The van der Waals surface area contributed by atoms with Gasteiger partial charge in [-0.3, -0.25) is 4.90 Å². The van der Waals surface area contributed by atoms with Crippen LogP contribution < -0.4 is 0 Å². The van der Waals surface area contributed by atoms with Gasteiger partial charge in [-0.25, -0.2) is 8.42 Å². The quantitative estimate of drug-likeness (QED) is 0.706. The normalized spacial score (nSPS) is 20.7. The van der Waals surface area contributed by atoms with Crippen LogP contribution in [0.5, 0.6) is 0 Å². The van der Waals surface area contributed by atoms with Crippen LogP contribution >= 0.6 is 11.3 Å². The molecular weight excluding hydrogens is 376 g/mol. The lowest BCUT2D eigenvalue weighted by molar-refractivity contribution is 0.174. The maximum Gasteiger partial charge on any atom is 0.150 e. The molecule has 0 unspecified atom stereocenters. The molecule has 27 heavy (non-hydrogen) atoms. The predicted molar refractivity (Wildman–Crippen MR) is 112 cm³/mol. The van der Waals surface area contributed by atoms with E-state index in [1.165, 1.54) is 46.5 Å². The Labute approximate surface area is 164 Å². The van der Waals surface area contributed by atoms with Crippen molar-refractivity contribution < 1.29 is 8.42 Å². The highest BCUT2D eigenvalue weighted by molar-refractivity contribution is 7.91. The summed E-state index contributed by atoms with van der Waals surface area (Å²) in [4.78, 5) is 7.29. The zero-order valence-corrected chi connectivity index (χ0v) is 16.9. The Kier molecular flexibility index (Phi) is 4.37. The van der Waals surface area contributed by atoms with Crippen molar-refractivity contribution in [2.45, 2.75) is 31.7 Å². The van der Waals surface area contributed by atoms with Crippen molar-refractivity contribution >= 4 is 32.1 Å². The van der Waals surface area contributed by atoms with E-state index in [1.807, 2.05) is 11.3 Å². The third-order valence-electron chi connectivity index (χ3n) is 6.02. The van der Waals surface area contributed by atoms with Crippen LogP contribution in [0.15, 0.2) is 35.8 Å². The predicted octanol–water partition coefficient (Wildman–Crippen LogP) is 4.39. The number of nitrogens with one attached hydrogen (secondary N) is 1. The molecule has 0 bridgehead atoms. The van der Waals surface area contributed by atoms with Crippen LogP contribution in [-0.2, 0) is 16.4 Å². The van der Waals surface area contributed by atoms with E-state index in [9.17, 15) is 8.42 Å². The smallest absolute Gasteiger partial charge is 0.150 e. The average molecular weight is 401 g/mol. The lowest BCUT2D eigenvalue weighted by Gasteiger charge is -2.29. The molecule has 2 aliphatic heterocycles. The summed E-state index contributed by atoms with van der Waals surface area (Å²) < 4.78 is 23.5. The molecule has 3 aromatic rings. The van der Waals surface area contributed by atoms with Crippen molar-refractivity contribution in [3.63, 3.8) is 0 Å². The van der Waals surface area contributed by atoms with E-state index in [4.69, 9.17) is 0 Å². The van der Waals surface area contributed by atoms with Gasteiger partial charge in [-0.2, -0.15) is 0 Å². The number of thiophene rings is 1. The van der Waals surface area contributed by atoms with Crippen LogP contribution in [0.1, 0.15) is 35.6 Å². The number of rotatable bonds is 4. The van der Waals surface area contributed by atoms with Gasteiger partial charge in [0.1, 0.15) is 9.84 Å². The molecule has 0 atom stereocenters. The van der Waals surface area contributed by atoms with Crippen LogP contribution in [0.2, 0.25) is 0 Å². The number of aromatic nitrogens is 1. The lowest BCUT2D eigenvalue weighted by atomic mass is 9.92. The average Bonchev–Trinajstić information content (AvgIpc) is 3.25. The summed E-state index contributed by atoms with van der Waals surface area (Å²) in [5, 5.41) is 3.50. The van der Waals surface area contributed by atoms with Crippen molar-refractivity contribution in [1.82, 2.24) is 9.88 Å². The molecule has 4 nitrogen and oxygen atoms in total. The summed E-state index contributed by atoms with van der Waals surface area (Å²) >= 11 is 1.85. The van der Waals surface area contributed by atoms with Gasteiger partial charge in [0.25, 0.3) is 0 Å². The van der Waals surface area contributed by atoms with Crippen molar-refractivity contribution in [3.05, 3.63) is 46.3 Å². The number of benzene rings is 1. The molecule has 0 saturated carbocycles. The summed E-state index contributed by atoms with van der Waals surface area (Å²) in [6.45, 7) is 3.52. The topological polar surface area (TPSA) is 53.2 Å². The van der Waals surface area contributed by atoms with Gasteiger partial charge >= 0.3 is 0 Å². The van der Waals surface area contributed by atoms with E-state index >= 15 is 0 Å². The highest BCUT2D eigenvalue weighted by Crippen LogP contribution is 2.36.